The Morgan fingerprint density at radius 2 is 1.85 bits per heavy atom. The lowest BCUT2D eigenvalue weighted by Crippen LogP contribution is -2.19. The van der Waals surface area contributed by atoms with Crippen molar-refractivity contribution < 1.29 is 8.78 Å². The lowest BCUT2D eigenvalue weighted by Gasteiger charge is -2.04. The van der Waals surface area contributed by atoms with E-state index < -0.39 is 11.6 Å². The summed E-state index contributed by atoms with van der Waals surface area (Å²) in [6.07, 6.45) is 0. The van der Waals surface area contributed by atoms with Gasteiger partial charge in [-0.15, -0.1) is 0 Å². The molecule has 0 spiro atoms. The number of benzene rings is 1. The Bertz CT molecular complexity index is 333. The Kier molecular flexibility index (Phi) is 3.16. The molecule has 0 aliphatic carbocycles. The van der Waals surface area contributed by atoms with Crippen LogP contribution in [-0.2, 0) is 0 Å². The number of hydrogen-bond donors (Lipinski definition) is 2. The summed E-state index contributed by atoms with van der Waals surface area (Å²) in [5.41, 5.74) is 5.31. The molecule has 1 aromatic carbocycles. The molecule has 3 N–H and O–H groups in total. The Morgan fingerprint density at radius 1 is 1.38 bits per heavy atom. The first-order valence-electron chi connectivity index (χ1n) is 3.21. The molecule has 0 aromatic heterocycles. The fourth-order valence-corrected chi connectivity index (χ4v) is 1.12. The summed E-state index contributed by atoms with van der Waals surface area (Å²) in [6, 6.07) is 2.18. The van der Waals surface area contributed by atoms with Gasteiger partial charge in [0.05, 0.1) is 4.47 Å². The molecular formula is C7H5BrF2N2S. The number of anilines is 1. The van der Waals surface area contributed by atoms with Gasteiger partial charge < -0.3 is 11.1 Å². The van der Waals surface area contributed by atoms with E-state index >= 15 is 0 Å². The molecule has 2 nitrogen and oxygen atoms in total. The molecule has 0 amide bonds. The molecule has 0 radical (unpaired) electrons. The van der Waals surface area contributed by atoms with Crippen LogP contribution in [0.4, 0.5) is 14.5 Å². The Labute approximate surface area is 87.2 Å². The van der Waals surface area contributed by atoms with Crippen LogP contribution in [0.25, 0.3) is 0 Å². The first-order chi connectivity index (χ1) is 6.00. The maximum Gasteiger partial charge on any atom is 0.168 e. The standard InChI is InChI=1S/C7H5BrF2N2S/c8-6-4(9)1-3(2-5(6)10)12-7(11)13/h1-2H,(H3,11,12,13). The van der Waals surface area contributed by atoms with E-state index in [2.05, 4.69) is 33.5 Å². The number of thiocarbonyl (C=S) groups is 1. The molecule has 0 bridgehead atoms. The molecule has 1 aromatic rings. The molecule has 13 heavy (non-hydrogen) atoms. The first kappa shape index (κ1) is 10.3. The zero-order valence-electron chi connectivity index (χ0n) is 6.27. The summed E-state index contributed by atoms with van der Waals surface area (Å²) in [4.78, 5) is 0. The van der Waals surface area contributed by atoms with E-state index in [1.165, 1.54) is 0 Å². The van der Waals surface area contributed by atoms with Crippen molar-refractivity contribution in [2.75, 3.05) is 5.32 Å². The second-order valence-electron chi connectivity index (χ2n) is 2.24. The molecule has 1 rings (SSSR count). The van der Waals surface area contributed by atoms with Crippen molar-refractivity contribution in [3.05, 3.63) is 28.2 Å². The van der Waals surface area contributed by atoms with Crippen LogP contribution in [-0.4, -0.2) is 5.11 Å². The minimum Gasteiger partial charge on any atom is -0.376 e. The molecule has 0 heterocycles. The third-order valence-electron chi connectivity index (χ3n) is 1.25. The van der Waals surface area contributed by atoms with E-state index in [0.29, 0.717) is 0 Å². The van der Waals surface area contributed by atoms with Crippen LogP contribution in [0.5, 0.6) is 0 Å². The average Bonchev–Trinajstić information content (AvgIpc) is 1.98. The molecule has 70 valence electrons. The SMILES string of the molecule is NC(=S)Nc1cc(F)c(Br)c(F)c1. The smallest absolute Gasteiger partial charge is 0.168 e. The van der Waals surface area contributed by atoms with Crippen LogP contribution in [0.15, 0.2) is 16.6 Å². The summed E-state index contributed by atoms with van der Waals surface area (Å²) in [7, 11) is 0. The lowest BCUT2D eigenvalue weighted by molar-refractivity contribution is 0.573. The molecule has 6 heteroatoms. The second kappa shape index (κ2) is 3.97. The van der Waals surface area contributed by atoms with Gasteiger partial charge in [-0.3, -0.25) is 0 Å². The maximum absolute atomic E-state index is 12.9. The summed E-state index contributed by atoms with van der Waals surface area (Å²) >= 11 is 7.24. The number of rotatable bonds is 1. The normalized spacial score (nSPS) is 9.77. The van der Waals surface area contributed by atoms with Gasteiger partial charge in [0, 0.05) is 5.69 Å². The molecule has 0 saturated heterocycles. The minimum atomic E-state index is -0.709. The summed E-state index contributed by atoms with van der Waals surface area (Å²) in [5, 5.41) is 2.38. The molecule has 0 aliphatic rings. The summed E-state index contributed by atoms with van der Waals surface area (Å²) in [6.45, 7) is 0. The summed E-state index contributed by atoms with van der Waals surface area (Å²) < 4.78 is 25.6. The number of nitrogens with one attached hydrogen (secondary N) is 1. The number of hydrogen-bond acceptors (Lipinski definition) is 1. The van der Waals surface area contributed by atoms with Gasteiger partial charge in [0.25, 0.3) is 0 Å². The number of nitrogens with two attached hydrogens (primary N) is 1. The van der Waals surface area contributed by atoms with Crippen LogP contribution in [0, 0.1) is 11.6 Å². The Balaban J connectivity index is 3.06. The van der Waals surface area contributed by atoms with Gasteiger partial charge in [0.15, 0.2) is 5.11 Å². The molecular weight excluding hydrogens is 262 g/mol. The van der Waals surface area contributed by atoms with E-state index in [-0.39, 0.29) is 15.3 Å². The van der Waals surface area contributed by atoms with Crippen molar-refractivity contribution in [2.45, 2.75) is 0 Å². The van der Waals surface area contributed by atoms with E-state index in [9.17, 15) is 8.78 Å². The quantitative estimate of drug-likeness (QED) is 0.606. The molecule has 0 unspecified atom stereocenters. The van der Waals surface area contributed by atoms with Gasteiger partial charge in [-0.25, -0.2) is 8.78 Å². The van der Waals surface area contributed by atoms with Gasteiger partial charge in [-0.1, -0.05) is 0 Å². The van der Waals surface area contributed by atoms with Crippen LogP contribution in [0.2, 0.25) is 0 Å². The van der Waals surface area contributed by atoms with Crippen molar-refractivity contribution in [2.24, 2.45) is 5.73 Å². The highest BCUT2D eigenvalue weighted by Gasteiger charge is 2.07. The van der Waals surface area contributed by atoms with Crippen molar-refractivity contribution in [3.63, 3.8) is 0 Å². The van der Waals surface area contributed by atoms with Gasteiger partial charge in [-0.05, 0) is 40.3 Å². The molecule has 0 saturated carbocycles. The third kappa shape index (κ3) is 2.60. The van der Waals surface area contributed by atoms with Crippen LogP contribution in [0.3, 0.4) is 0 Å². The van der Waals surface area contributed by atoms with Gasteiger partial charge >= 0.3 is 0 Å². The Hall–Kier alpha value is -0.750. The average molecular weight is 267 g/mol. The highest BCUT2D eigenvalue weighted by atomic mass is 79.9. The van der Waals surface area contributed by atoms with Crippen LogP contribution in [0.1, 0.15) is 0 Å². The molecule has 0 aliphatic heterocycles. The predicted octanol–water partition coefficient (Wildman–Crippen LogP) is 2.38. The van der Waals surface area contributed by atoms with Crippen LogP contribution >= 0.6 is 28.1 Å². The zero-order valence-corrected chi connectivity index (χ0v) is 8.68. The maximum atomic E-state index is 12.9. The highest BCUT2D eigenvalue weighted by Crippen LogP contribution is 2.23. The zero-order chi connectivity index (χ0) is 10.0. The molecule has 0 atom stereocenters. The largest absolute Gasteiger partial charge is 0.376 e. The van der Waals surface area contributed by atoms with Crippen molar-refractivity contribution >= 4 is 38.9 Å². The van der Waals surface area contributed by atoms with E-state index in [1.54, 1.807) is 0 Å². The van der Waals surface area contributed by atoms with Crippen molar-refractivity contribution in [1.82, 2.24) is 0 Å². The van der Waals surface area contributed by atoms with E-state index in [1.807, 2.05) is 0 Å². The van der Waals surface area contributed by atoms with E-state index in [4.69, 9.17) is 5.73 Å². The van der Waals surface area contributed by atoms with Gasteiger partial charge in [0.1, 0.15) is 11.6 Å². The molecule has 0 fully saturated rings. The van der Waals surface area contributed by atoms with Gasteiger partial charge in [-0.2, -0.15) is 0 Å². The van der Waals surface area contributed by atoms with Crippen molar-refractivity contribution in [1.29, 1.82) is 0 Å². The minimum absolute atomic E-state index is 0.0406. The van der Waals surface area contributed by atoms with Gasteiger partial charge in [0.2, 0.25) is 0 Å². The Morgan fingerprint density at radius 3 is 2.23 bits per heavy atom. The fourth-order valence-electron chi connectivity index (χ4n) is 0.770. The van der Waals surface area contributed by atoms with E-state index in [0.717, 1.165) is 12.1 Å². The highest BCUT2D eigenvalue weighted by molar-refractivity contribution is 9.10. The van der Waals surface area contributed by atoms with Crippen LogP contribution < -0.4 is 11.1 Å². The monoisotopic (exact) mass is 266 g/mol. The second-order valence-corrected chi connectivity index (χ2v) is 3.48. The fraction of sp³-hybridized carbons (Fsp3) is 0. The van der Waals surface area contributed by atoms with Crippen molar-refractivity contribution in [3.8, 4) is 0 Å². The predicted molar refractivity (Wildman–Crippen MR) is 54.5 cm³/mol. The summed E-state index contributed by atoms with van der Waals surface area (Å²) in [5.74, 6) is -1.42. The topological polar surface area (TPSA) is 38.0 Å². The third-order valence-corrected chi connectivity index (χ3v) is 2.11. The number of halogens is 3. The first-order valence-corrected chi connectivity index (χ1v) is 4.42. The lowest BCUT2D eigenvalue weighted by atomic mass is 10.3.